The normalized spacial score (nSPS) is 10.7. The van der Waals surface area contributed by atoms with Crippen molar-refractivity contribution in [2.75, 3.05) is 12.5 Å². The highest BCUT2D eigenvalue weighted by molar-refractivity contribution is 6.30. The lowest BCUT2D eigenvalue weighted by Gasteiger charge is -2.10. The number of hydrazone groups is 1. The minimum atomic E-state index is -0.537. The number of methoxy groups -OCH3 is 1. The molecule has 1 aromatic heterocycles. The molecular weight excluding hydrogens is 398 g/mol. The standard InChI is InChI=1S/C19H16ClN5O4/c1-11-17(26)22-19(25-23-11)24-21-10-12-3-8-15(16(9-12)28-2)29-18(27)13-4-6-14(20)7-5-13/h3-10H,1-2H3,(H2,22,24,25,26)/b21-10+. The van der Waals surface area contributed by atoms with Gasteiger partial charge in [0, 0.05) is 5.02 Å². The van der Waals surface area contributed by atoms with E-state index in [1.807, 2.05) is 0 Å². The molecule has 148 valence electrons. The van der Waals surface area contributed by atoms with Gasteiger partial charge in [0.25, 0.3) is 5.56 Å². The molecule has 0 aliphatic carbocycles. The summed E-state index contributed by atoms with van der Waals surface area (Å²) in [4.78, 5) is 26.2. The van der Waals surface area contributed by atoms with Gasteiger partial charge in [0.05, 0.1) is 18.9 Å². The quantitative estimate of drug-likeness (QED) is 0.276. The third-order valence-electron chi connectivity index (χ3n) is 3.71. The van der Waals surface area contributed by atoms with Crippen LogP contribution < -0.4 is 20.5 Å². The highest BCUT2D eigenvalue weighted by Crippen LogP contribution is 2.28. The number of rotatable bonds is 6. The van der Waals surface area contributed by atoms with E-state index in [0.29, 0.717) is 21.9 Å². The molecule has 1 heterocycles. The maximum absolute atomic E-state index is 12.3. The Balaban J connectivity index is 1.70. The number of anilines is 1. The summed E-state index contributed by atoms with van der Waals surface area (Å²) in [5.41, 5.74) is 3.49. The molecule has 0 atom stereocenters. The maximum atomic E-state index is 12.3. The highest BCUT2D eigenvalue weighted by atomic mass is 35.5. The molecule has 9 nitrogen and oxygen atoms in total. The van der Waals surface area contributed by atoms with Gasteiger partial charge in [-0.1, -0.05) is 11.6 Å². The molecular formula is C19H16ClN5O4. The molecule has 0 bridgehead atoms. The third kappa shape index (κ3) is 5.17. The molecule has 29 heavy (non-hydrogen) atoms. The van der Waals surface area contributed by atoms with Crippen molar-refractivity contribution >= 4 is 29.7 Å². The first-order valence-electron chi connectivity index (χ1n) is 8.34. The molecule has 10 heteroatoms. The number of aromatic nitrogens is 3. The number of benzene rings is 2. The number of hydrogen-bond acceptors (Lipinski definition) is 8. The first-order chi connectivity index (χ1) is 14.0. The predicted molar refractivity (Wildman–Crippen MR) is 108 cm³/mol. The number of esters is 1. The van der Waals surface area contributed by atoms with Crippen molar-refractivity contribution in [2.24, 2.45) is 5.10 Å². The number of hydrogen-bond donors (Lipinski definition) is 2. The number of carbonyl (C=O) groups excluding carboxylic acids is 1. The predicted octanol–water partition coefficient (Wildman–Crippen LogP) is 2.80. The Morgan fingerprint density at radius 3 is 2.62 bits per heavy atom. The van der Waals surface area contributed by atoms with Crippen molar-refractivity contribution in [1.29, 1.82) is 0 Å². The molecule has 2 N–H and O–H groups in total. The van der Waals surface area contributed by atoms with E-state index >= 15 is 0 Å². The van der Waals surface area contributed by atoms with Gasteiger partial charge in [-0.25, -0.2) is 10.2 Å². The second kappa shape index (κ2) is 8.98. The molecule has 2 aromatic carbocycles. The third-order valence-corrected chi connectivity index (χ3v) is 3.97. The van der Waals surface area contributed by atoms with Crippen molar-refractivity contribution in [1.82, 2.24) is 15.2 Å². The topological polar surface area (TPSA) is 119 Å². The van der Waals surface area contributed by atoms with E-state index in [1.165, 1.54) is 13.3 Å². The highest BCUT2D eigenvalue weighted by Gasteiger charge is 2.12. The Bertz CT molecular complexity index is 1110. The smallest absolute Gasteiger partial charge is 0.343 e. The van der Waals surface area contributed by atoms with Crippen LogP contribution in [0.2, 0.25) is 5.02 Å². The molecule has 0 saturated carbocycles. The number of nitrogens with one attached hydrogen (secondary N) is 2. The van der Waals surface area contributed by atoms with Crippen LogP contribution in [0.25, 0.3) is 0 Å². The van der Waals surface area contributed by atoms with Crippen LogP contribution in [0.15, 0.2) is 52.4 Å². The van der Waals surface area contributed by atoms with E-state index in [9.17, 15) is 9.59 Å². The number of halogens is 1. The Labute approximate surface area is 170 Å². The summed E-state index contributed by atoms with van der Waals surface area (Å²) in [5, 5.41) is 12.0. The number of aryl methyl sites for hydroxylation is 1. The molecule has 0 aliphatic rings. The van der Waals surface area contributed by atoms with Crippen LogP contribution in [0.4, 0.5) is 5.95 Å². The molecule has 3 rings (SSSR count). The van der Waals surface area contributed by atoms with Gasteiger partial charge in [-0.05, 0) is 55.0 Å². The Kier molecular flexibility index (Phi) is 6.20. The summed E-state index contributed by atoms with van der Waals surface area (Å²) < 4.78 is 10.7. The van der Waals surface area contributed by atoms with E-state index in [0.717, 1.165) is 0 Å². The molecule has 0 amide bonds. The number of aromatic amines is 1. The minimum Gasteiger partial charge on any atom is -0.493 e. The summed E-state index contributed by atoms with van der Waals surface area (Å²) in [6, 6.07) is 11.3. The summed E-state index contributed by atoms with van der Waals surface area (Å²) in [5.74, 6) is 0.174. The summed E-state index contributed by atoms with van der Waals surface area (Å²) in [6.45, 7) is 1.55. The fourth-order valence-electron chi connectivity index (χ4n) is 2.21. The Morgan fingerprint density at radius 1 is 1.17 bits per heavy atom. The summed E-state index contributed by atoms with van der Waals surface area (Å²) in [7, 11) is 1.46. The van der Waals surface area contributed by atoms with Crippen LogP contribution in [-0.2, 0) is 0 Å². The number of nitrogens with zero attached hydrogens (tertiary/aromatic N) is 3. The number of carbonyl (C=O) groups is 1. The second-order valence-electron chi connectivity index (χ2n) is 5.76. The van der Waals surface area contributed by atoms with Crippen molar-refractivity contribution < 1.29 is 14.3 Å². The first kappa shape index (κ1) is 20.0. The minimum absolute atomic E-state index is 0.109. The SMILES string of the molecule is COc1cc(/C=N/Nc2nnc(C)c(=O)[nH]2)ccc1OC(=O)c1ccc(Cl)cc1. The fraction of sp³-hybridized carbons (Fsp3) is 0.105. The summed E-state index contributed by atoms with van der Waals surface area (Å²) in [6.07, 6.45) is 1.48. The van der Waals surface area contributed by atoms with E-state index in [2.05, 4.69) is 25.7 Å². The Hall–Kier alpha value is -3.72. The zero-order valence-corrected chi connectivity index (χ0v) is 16.2. The van der Waals surface area contributed by atoms with Crippen molar-refractivity contribution in [3.8, 4) is 11.5 Å². The zero-order chi connectivity index (χ0) is 20.8. The van der Waals surface area contributed by atoms with Crippen LogP contribution in [0.1, 0.15) is 21.6 Å². The van der Waals surface area contributed by atoms with Crippen molar-refractivity contribution in [2.45, 2.75) is 6.92 Å². The van der Waals surface area contributed by atoms with Gasteiger partial charge in [0.1, 0.15) is 5.69 Å². The molecule has 3 aromatic rings. The van der Waals surface area contributed by atoms with Crippen LogP contribution in [0, 0.1) is 6.92 Å². The first-order valence-corrected chi connectivity index (χ1v) is 8.72. The lowest BCUT2D eigenvalue weighted by molar-refractivity contribution is 0.0729. The molecule has 0 aliphatic heterocycles. The van der Waals surface area contributed by atoms with Crippen molar-refractivity contribution in [3.63, 3.8) is 0 Å². The maximum Gasteiger partial charge on any atom is 0.343 e. The number of H-pyrrole nitrogens is 1. The van der Waals surface area contributed by atoms with Gasteiger partial charge < -0.3 is 9.47 Å². The average Bonchev–Trinajstić information content (AvgIpc) is 2.72. The van der Waals surface area contributed by atoms with Gasteiger partial charge in [0.2, 0.25) is 5.95 Å². The molecule has 0 fully saturated rings. The molecule has 0 unspecified atom stereocenters. The van der Waals surface area contributed by atoms with E-state index in [-0.39, 0.29) is 23.0 Å². The lowest BCUT2D eigenvalue weighted by Crippen LogP contribution is -2.15. The van der Waals surface area contributed by atoms with Crippen LogP contribution in [-0.4, -0.2) is 34.5 Å². The van der Waals surface area contributed by atoms with Gasteiger partial charge in [-0.3, -0.25) is 9.78 Å². The molecule has 0 saturated heterocycles. The lowest BCUT2D eigenvalue weighted by atomic mass is 10.2. The van der Waals surface area contributed by atoms with Gasteiger partial charge in [0.15, 0.2) is 11.5 Å². The van der Waals surface area contributed by atoms with E-state index < -0.39 is 5.97 Å². The summed E-state index contributed by atoms with van der Waals surface area (Å²) >= 11 is 5.82. The van der Waals surface area contributed by atoms with E-state index in [1.54, 1.807) is 49.4 Å². The monoisotopic (exact) mass is 413 g/mol. The molecule has 0 spiro atoms. The van der Waals surface area contributed by atoms with Gasteiger partial charge >= 0.3 is 5.97 Å². The van der Waals surface area contributed by atoms with Gasteiger partial charge in [-0.2, -0.15) is 5.10 Å². The van der Waals surface area contributed by atoms with Crippen LogP contribution in [0.3, 0.4) is 0 Å². The zero-order valence-electron chi connectivity index (χ0n) is 15.5. The largest absolute Gasteiger partial charge is 0.493 e. The van der Waals surface area contributed by atoms with E-state index in [4.69, 9.17) is 21.1 Å². The molecule has 0 radical (unpaired) electrons. The van der Waals surface area contributed by atoms with Crippen molar-refractivity contribution in [3.05, 3.63) is 74.7 Å². The Morgan fingerprint density at radius 2 is 1.93 bits per heavy atom. The van der Waals surface area contributed by atoms with Gasteiger partial charge in [-0.15, -0.1) is 10.2 Å². The average molecular weight is 414 g/mol. The number of ether oxygens (including phenoxy) is 2. The second-order valence-corrected chi connectivity index (χ2v) is 6.20. The van der Waals surface area contributed by atoms with Crippen LogP contribution >= 0.6 is 11.6 Å². The van der Waals surface area contributed by atoms with Crippen LogP contribution in [0.5, 0.6) is 11.5 Å². The fourth-order valence-corrected chi connectivity index (χ4v) is 2.33.